The molecule has 0 radical (unpaired) electrons. The van der Waals surface area contributed by atoms with Crippen LogP contribution in [-0.4, -0.2) is 43.5 Å². The van der Waals surface area contributed by atoms with Gasteiger partial charge in [0.15, 0.2) is 0 Å². The van der Waals surface area contributed by atoms with Gasteiger partial charge in [0.05, 0.1) is 11.5 Å². The lowest BCUT2D eigenvalue weighted by Crippen LogP contribution is -2.38. The highest BCUT2D eigenvalue weighted by Crippen LogP contribution is 2.25. The van der Waals surface area contributed by atoms with Gasteiger partial charge in [-0.3, -0.25) is 9.82 Å². The zero-order chi connectivity index (χ0) is 24.9. The predicted octanol–water partition coefficient (Wildman–Crippen LogP) is 4.06. The maximum absolute atomic E-state index is 13.2. The SMILES string of the molecule is N#CN=C(N)N(CCCCCN(OCC1CCCCC1)S(=O)(=O)c1ccccc1)c1ccncc1. The molecule has 188 valence electrons. The summed E-state index contributed by atoms with van der Waals surface area (Å²) in [6, 6.07) is 12.0. The molecule has 0 atom stereocenters. The van der Waals surface area contributed by atoms with Crippen molar-refractivity contribution in [3.63, 3.8) is 0 Å². The van der Waals surface area contributed by atoms with Crippen LogP contribution < -0.4 is 10.6 Å². The number of nitriles is 1. The van der Waals surface area contributed by atoms with E-state index in [1.807, 2.05) is 0 Å². The molecular formula is C25H34N6O3S. The second-order valence-electron chi connectivity index (χ2n) is 8.63. The van der Waals surface area contributed by atoms with Gasteiger partial charge in [0.2, 0.25) is 12.2 Å². The molecule has 0 amide bonds. The first kappa shape index (κ1) is 26.6. The molecule has 1 fully saturated rings. The number of nitrogens with zero attached hydrogens (tertiary/aromatic N) is 5. The number of hydrogen-bond donors (Lipinski definition) is 1. The topological polar surface area (TPSA) is 125 Å². The lowest BCUT2D eigenvalue weighted by atomic mass is 9.90. The van der Waals surface area contributed by atoms with Gasteiger partial charge in [0.25, 0.3) is 10.0 Å². The number of benzene rings is 1. The molecular weight excluding hydrogens is 464 g/mol. The second-order valence-corrected chi connectivity index (χ2v) is 10.5. The van der Waals surface area contributed by atoms with Gasteiger partial charge in [0.1, 0.15) is 0 Å². The summed E-state index contributed by atoms with van der Waals surface area (Å²) >= 11 is 0. The van der Waals surface area contributed by atoms with Crippen LogP contribution in [0.15, 0.2) is 64.7 Å². The summed E-state index contributed by atoms with van der Waals surface area (Å²) in [4.78, 5) is 15.6. The summed E-state index contributed by atoms with van der Waals surface area (Å²) in [6.07, 6.45) is 12.9. The Hall–Kier alpha value is -3.00. The fourth-order valence-corrected chi connectivity index (χ4v) is 5.51. The Bertz CT molecular complexity index is 1070. The smallest absolute Gasteiger partial charge is 0.265 e. The third-order valence-electron chi connectivity index (χ3n) is 6.13. The Morgan fingerprint density at radius 1 is 1.06 bits per heavy atom. The van der Waals surface area contributed by atoms with Crippen molar-refractivity contribution in [1.82, 2.24) is 9.45 Å². The number of guanidine groups is 1. The Morgan fingerprint density at radius 3 is 2.43 bits per heavy atom. The lowest BCUT2D eigenvalue weighted by molar-refractivity contribution is -0.103. The molecule has 9 nitrogen and oxygen atoms in total. The number of unbranched alkanes of at least 4 members (excludes halogenated alkanes) is 2. The normalized spacial score (nSPS) is 15.1. The summed E-state index contributed by atoms with van der Waals surface area (Å²) in [6.45, 7) is 1.22. The molecule has 0 unspecified atom stereocenters. The first-order chi connectivity index (χ1) is 17.0. The molecule has 1 heterocycles. The summed E-state index contributed by atoms with van der Waals surface area (Å²) in [5.41, 5.74) is 6.77. The Kier molecular flexibility index (Phi) is 10.5. The molecule has 0 bridgehead atoms. The molecule has 1 saturated carbocycles. The summed E-state index contributed by atoms with van der Waals surface area (Å²) in [7, 11) is -3.75. The highest BCUT2D eigenvalue weighted by Gasteiger charge is 2.26. The molecule has 1 aromatic carbocycles. The molecule has 10 heteroatoms. The average Bonchev–Trinajstić information content (AvgIpc) is 2.89. The van der Waals surface area contributed by atoms with Gasteiger partial charge in [0, 0.05) is 31.2 Å². The largest absolute Gasteiger partial charge is 0.369 e. The number of aliphatic imine (C=N–C) groups is 1. The zero-order valence-electron chi connectivity index (χ0n) is 20.0. The van der Waals surface area contributed by atoms with E-state index in [4.69, 9.17) is 15.8 Å². The summed E-state index contributed by atoms with van der Waals surface area (Å²) in [5, 5.41) is 8.89. The van der Waals surface area contributed by atoms with Gasteiger partial charge in [-0.2, -0.15) is 5.26 Å². The van der Waals surface area contributed by atoms with Crippen LogP contribution in [0.5, 0.6) is 0 Å². The van der Waals surface area contributed by atoms with E-state index in [1.165, 1.54) is 23.7 Å². The van der Waals surface area contributed by atoms with Gasteiger partial charge < -0.3 is 10.6 Å². The van der Waals surface area contributed by atoms with Gasteiger partial charge in [-0.25, -0.2) is 8.42 Å². The van der Waals surface area contributed by atoms with Crippen molar-refractivity contribution in [3.05, 3.63) is 54.9 Å². The molecule has 35 heavy (non-hydrogen) atoms. The van der Waals surface area contributed by atoms with Crippen LogP contribution in [0.4, 0.5) is 5.69 Å². The van der Waals surface area contributed by atoms with Gasteiger partial charge in [-0.15, -0.1) is 4.99 Å². The molecule has 2 aromatic rings. The van der Waals surface area contributed by atoms with E-state index in [1.54, 1.807) is 66.0 Å². The minimum Gasteiger partial charge on any atom is -0.369 e. The maximum Gasteiger partial charge on any atom is 0.265 e. The number of nitrogens with two attached hydrogens (primary N) is 1. The summed E-state index contributed by atoms with van der Waals surface area (Å²) < 4.78 is 27.7. The van der Waals surface area contributed by atoms with Crippen molar-refractivity contribution < 1.29 is 13.3 Å². The number of hydroxylamine groups is 1. The molecule has 0 saturated heterocycles. The highest BCUT2D eigenvalue weighted by atomic mass is 32.2. The van der Waals surface area contributed by atoms with E-state index >= 15 is 0 Å². The van der Waals surface area contributed by atoms with Gasteiger partial charge in [-0.1, -0.05) is 48.4 Å². The van der Waals surface area contributed by atoms with E-state index in [0.717, 1.165) is 31.4 Å². The van der Waals surface area contributed by atoms with Crippen molar-refractivity contribution in [2.24, 2.45) is 16.6 Å². The first-order valence-corrected chi connectivity index (χ1v) is 13.6. The van der Waals surface area contributed by atoms with Crippen LogP contribution in [0.3, 0.4) is 0 Å². The van der Waals surface area contributed by atoms with Gasteiger partial charge in [-0.05, 0) is 55.9 Å². The van der Waals surface area contributed by atoms with Crippen molar-refractivity contribution in [2.75, 3.05) is 24.6 Å². The van der Waals surface area contributed by atoms with Crippen molar-refractivity contribution >= 4 is 21.7 Å². The quantitative estimate of drug-likeness (QED) is 0.154. The van der Waals surface area contributed by atoms with Gasteiger partial charge >= 0.3 is 0 Å². The van der Waals surface area contributed by atoms with E-state index in [9.17, 15) is 8.42 Å². The predicted molar refractivity (Wildman–Crippen MR) is 136 cm³/mol. The number of pyridine rings is 1. The Morgan fingerprint density at radius 2 is 1.74 bits per heavy atom. The molecule has 2 N–H and O–H groups in total. The van der Waals surface area contributed by atoms with Crippen molar-refractivity contribution in [1.29, 1.82) is 5.26 Å². The van der Waals surface area contributed by atoms with Crippen LogP contribution in [0.25, 0.3) is 0 Å². The number of rotatable bonds is 12. The lowest BCUT2D eigenvalue weighted by Gasteiger charge is -2.26. The number of aromatic nitrogens is 1. The minimum atomic E-state index is -3.75. The molecule has 1 aliphatic rings. The van der Waals surface area contributed by atoms with E-state index < -0.39 is 10.0 Å². The van der Waals surface area contributed by atoms with E-state index in [2.05, 4.69) is 9.98 Å². The highest BCUT2D eigenvalue weighted by molar-refractivity contribution is 7.89. The maximum atomic E-state index is 13.2. The minimum absolute atomic E-state index is 0.114. The van der Waals surface area contributed by atoms with Crippen LogP contribution in [0, 0.1) is 17.4 Å². The van der Waals surface area contributed by atoms with E-state index in [0.29, 0.717) is 25.5 Å². The second kappa shape index (κ2) is 13.8. The van der Waals surface area contributed by atoms with Crippen molar-refractivity contribution in [3.8, 4) is 6.19 Å². The fourth-order valence-electron chi connectivity index (χ4n) is 4.21. The van der Waals surface area contributed by atoms with Crippen LogP contribution in [0.1, 0.15) is 51.4 Å². The molecule has 0 aliphatic heterocycles. The monoisotopic (exact) mass is 498 g/mol. The van der Waals surface area contributed by atoms with Crippen LogP contribution in [-0.2, 0) is 14.9 Å². The van der Waals surface area contributed by atoms with E-state index in [-0.39, 0.29) is 17.4 Å². The average molecular weight is 499 g/mol. The number of sulfonamides is 1. The Balaban J connectivity index is 1.59. The fraction of sp³-hybridized carbons (Fsp3) is 0.480. The van der Waals surface area contributed by atoms with Crippen LogP contribution in [0.2, 0.25) is 0 Å². The van der Waals surface area contributed by atoms with Crippen LogP contribution >= 0.6 is 0 Å². The van der Waals surface area contributed by atoms with Crippen molar-refractivity contribution in [2.45, 2.75) is 56.3 Å². The third-order valence-corrected chi connectivity index (χ3v) is 7.82. The molecule has 0 spiro atoms. The standard InChI is InChI=1S/C25H34N6O3S/c26-21-29-25(27)30(23-14-16-28-17-15-23)18-8-3-9-19-31(34-20-22-10-4-1-5-11-22)35(32,33)24-12-6-2-7-13-24/h2,6-7,12-17,22H,1,3-5,8-11,18-20H2,(H2,27,29). The summed E-state index contributed by atoms with van der Waals surface area (Å²) in [5.74, 6) is 0.510. The molecule has 1 aromatic heterocycles. The first-order valence-electron chi connectivity index (χ1n) is 12.1. The molecule has 3 rings (SSSR count). The Labute approximate surface area is 208 Å². The zero-order valence-corrected chi connectivity index (χ0v) is 20.8. The molecule has 1 aliphatic carbocycles. The third kappa shape index (κ3) is 8.02. The number of anilines is 1. The number of hydrogen-bond acceptors (Lipinski definition) is 6.